The maximum absolute atomic E-state index is 12.6. The first-order chi connectivity index (χ1) is 13.2. The van der Waals surface area contributed by atoms with Gasteiger partial charge in [-0.2, -0.15) is 10.1 Å². The van der Waals surface area contributed by atoms with E-state index in [0.717, 1.165) is 38.2 Å². The Balaban J connectivity index is 0.00000280. The molecule has 8 nitrogen and oxygen atoms in total. The number of carbonyl (C=O) groups is 1. The Morgan fingerprint density at radius 2 is 2.11 bits per heavy atom. The van der Waals surface area contributed by atoms with E-state index in [-0.39, 0.29) is 18.3 Å². The molecule has 0 spiro atoms. The van der Waals surface area contributed by atoms with E-state index < -0.39 is 0 Å². The molecule has 28 heavy (non-hydrogen) atoms. The molecular formula is C19H28ClN5O3. The minimum Gasteiger partial charge on any atom is -0.493 e. The molecule has 2 N–H and O–H groups in total. The molecule has 1 amide bonds. The van der Waals surface area contributed by atoms with Gasteiger partial charge in [-0.15, -0.1) is 12.4 Å². The Morgan fingerprint density at radius 1 is 1.32 bits per heavy atom. The number of ether oxygens (including phenoxy) is 2. The number of hydrogen-bond acceptors (Lipinski definition) is 6. The number of halogens is 1. The minimum atomic E-state index is -0.232. The van der Waals surface area contributed by atoms with Crippen LogP contribution in [0.3, 0.4) is 0 Å². The van der Waals surface area contributed by atoms with Gasteiger partial charge in [0.25, 0.3) is 5.91 Å². The number of hydrogen-bond donors (Lipinski definition) is 2. The van der Waals surface area contributed by atoms with E-state index in [1.54, 1.807) is 37.0 Å². The van der Waals surface area contributed by atoms with Crippen molar-refractivity contribution in [2.45, 2.75) is 25.2 Å². The normalized spacial score (nSPS) is 14.4. The van der Waals surface area contributed by atoms with Gasteiger partial charge in [0.1, 0.15) is 5.75 Å². The van der Waals surface area contributed by atoms with Crippen molar-refractivity contribution in [2.24, 2.45) is 7.05 Å². The van der Waals surface area contributed by atoms with Gasteiger partial charge in [-0.25, -0.2) is 4.68 Å². The summed E-state index contributed by atoms with van der Waals surface area (Å²) < 4.78 is 12.3. The maximum atomic E-state index is 12.6. The largest absolute Gasteiger partial charge is 0.493 e. The molecule has 1 fully saturated rings. The molecule has 0 unspecified atom stereocenters. The second-order valence-electron chi connectivity index (χ2n) is 6.62. The Kier molecular flexibility index (Phi) is 8.69. The smallest absolute Gasteiger partial charge is 0.258 e. The number of rotatable bonds is 8. The van der Waals surface area contributed by atoms with Crippen molar-refractivity contribution in [2.75, 3.05) is 38.7 Å². The SMILES string of the molecule is COCCCOc1cccc(C(=O)Nc2nc(C3CCNCC3)nn2C)c1.Cl. The van der Waals surface area contributed by atoms with Crippen LogP contribution in [0.1, 0.15) is 41.4 Å². The van der Waals surface area contributed by atoms with Crippen molar-refractivity contribution in [3.63, 3.8) is 0 Å². The van der Waals surface area contributed by atoms with Gasteiger partial charge >= 0.3 is 0 Å². The summed E-state index contributed by atoms with van der Waals surface area (Å²) in [6.07, 6.45) is 2.82. The lowest BCUT2D eigenvalue weighted by Crippen LogP contribution is -2.27. The third-order valence-corrected chi connectivity index (χ3v) is 4.57. The Morgan fingerprint density at radius 3 is 2.86 bits per heavy atom. The molecule has 1 aliphatic heterocycles. The Bertz CT molecular complexity index is 762. The van der Waals surface area contributed by atoms with Crippen LogP contribution in [0.4, 0.5) is 5.95 Å². The van der Waals surface area contributed by atoms with Crippen LogP contribution in [-0.4, -0.2) is 54.1 Å². The highest BCUT2D eigenvalue weighted by atomic mass is 35.5. The van der Waals surface area contributed by atoms with Crippen LogP contribution in [0.15, 0.2) is 24.3 Å². The van der Waals surface area contributed by atoms with Gasteiger partial charge in [0.05, 0.1) is 6.61 Å². The van der Waals surface area contributed by atoms with Crippen LogP contribution in [0.5, 0.6) is 5.75 Å². The van der Waals surface area contributed by atoms with Gasteiger partial charge in [-0.05, 0) is 44.1 Å². The lowest BCUT2D eigenvalue weighted by Gasteiger charge is -2.19. The minimum absolute atomic E-state index is 0. The van der Waals surface area contributed by atoms with Crippen molar-refractivity contribution in [1.29, 1.82) is 0 Å². The van der Waals surface area contributed by atoms with Crippen LogP contribution in [0.25, 0.3) is 0 Å². The van der Waals surface area contributed by atoms with Gasteiger partial charge in [0, 0.05) is 38.7 Å². The summed E-state index contributed by atoms with van der Waals surface area (Å²) in [5.74, 6) is 2.02. The number of nitrogens with zero attached hydrogens (tertiary/aromatic N) is 3. The second-order valence-corrected chi connectivity index (χ2v) is 6.62. The number of carbonyl (C=O) groups excluding carboxylic acids is 1. The molecule has 1 aromatic carbocycles. The second kappa shape index (κ2) is 11.0. The first-order valence-corrected chi connectivity index (χ1v) is 9.32. The molecule has 9 heteroatoms. The van der Waals surface area contributed by atoms with Crippen molar-refractivity contribution >= 4 is 24.3 Å². The lowest BCUT2D eigenvalue weighted by molar-refractivity contribution is 0.102. The number of aromatic nitrogens is 3. The number of nitrogens with one attached hydrogen (secondary N) is 2. The molecular weight excluding hydrogens is 382 g/mol. The van der Waals surface area contributed by atoms with Gasteiger partial charge in [0.15, 0.2) is 5.82 Å². The number of methoxy groups -OCH3 is 1. The van der Waals surface area contributed by atoms with Crippen molar-refractivity contribution in [3.8, 4) is 5.75 Å². The van der Waals surface area contributed by atoms with E-state index in [4.69, 9.17) is 9.47 Å². The molecule has 2 aromatic rings. The summed E-state index contributed by atoms with van der Waals surface area (Å²) in [4.78, 5) is 17.1. The first-order valence-electron chi connectivity index (χ1n) is 9.32. The molecule has 0 atom stereocenters. The van der Waals surface area contributed by atoms with Crippen LogP contribution in [0, 0.1) is 0 Å². The summed E-state index contributed by atoms with van der Waals surface area (Å²) in [6.45, 7) is 3.14. The van der Waals surface area contributed by atoms with Crippen molar-refractivity contribution in [1.82, 2.24) is 20.1 Å². The van der Waals surface area contributed by atoms with E-state index in [1.165, 1.54) is 0 Å². The van der Waals surface area contributed by atoms with E-state index in [1.807, 2.05) is 6.07 Å². The number of benzene rings is 1. The van der Waals surface area contributed by atoms with E-state index in [0.29, 0.717) is 36.4 Å². The number of aryl methyl sites for hydroxylation is 1. The van der Waals surface area contributed by atoms with E-state index in [2.05, 4.69) is 20.7 Å². The topological polar surface area (TPSA) is 90.3 Å². The molecule has 154 valence electrons. The molecule has 0 aliphatic carbocycles. The molecule has 0 radical (unpaired) electrons. The predicted octanol–water partition coefficient (Wildman–Crippen LogP) is 2.37. The molecule has 0 saturated carbocycles. The van der Waals surface area contributed by atoms with E-state index >= 15 is 0 Å². The summed E-state index contributed by atoms with van der Waals surface area (Å²) >= 11 is 0. The molecule has 2 heterocycles. The highest BCUT2D eigenvalue weighted by molar-refractivity contribution is 6.03. The van der Waals surface area contributed by atoms with E-state index in [9.17, 15) is 4.79 Å². The molecule has 0 bridgehead atoms. The van der Waals surface area contributed by atoms with Crippen LogP contribution in [-0.2, 0) is 11.8 Å². The van der Waals surface area contributed by atoms with Gasteiger partial charge in [0.2, 0.25) is 5.95 Å². The number of amides is 1. The zero-order valence-corrected chi connectivity index (χ0v) is 17.1. The molecule has 1 aliphatic rings. The van der Waals surface area contributed by atoms with Crippen molar-refractivity contribution in [3.05, 3.63) is 35.7 Å². The first kappa shape index (κ1) is 22.1. The predicted molar refractivity (Wildman–Crippen MR) is 109 cm³/mol. The van der Waals surface area contributed by atoms with Crippen LogP contribution >= 0.6 is 12.4 Å². The fourth-order valence-electron chi connectivity index (χ4n) is 3.06. The fourth-order valence-corrected chi connectivity index (χ4v) is 3.06. The third kappa shape index (κ3) is 5.92. The monoisotopic (exact) mass is 409 g/mol. The zero-order valence-electron chi connectivity index (χ0n) is 16.3. The Labute approximate surface area is 171 Å². The average molecular weight is 410 g/mol. The average Bonchev–Trinajstić information content (AvgIpc) is 3.06. The van der Waals surface area contributed by atoms with Crippen LogP contribution < -0.4 is 15.4 Å². The maximum Gasteiger partial charge on any atom is 0.258 e. The fraction of sp³-hybridized carbons (Fsp3) is 0.526. The standard InChI is InChI=1S/C19H27N5O3.ClH/c1-24-19(21-17(23-24)14-7-9-20-10-8-14)22-18(25)15-5-3-6-16(13-15)27-12-4-11-26-2;/h3,5-6,13-14,20H,4,7-12H2,1-2H3,(H,21,22,23,25);1H. The number of piperidine rings is 1. The lowest BCUT2D eigenvalue weighted by atomic mass is 9.98. The summed E-state index contributed by atoms with van der Waals surface area (Å²) in [7, 11) is 3.45. The summed E-state index contributed by atoms with van der Waals surface area (Å²) in [5, 5.41) is 10.7. The number of anilines is 1. The van der Waals surface area contributed by atoms with Crippen molar-refractivity contribution < 1.29 is 14.3 Å². The molecule has 3 rings (SSSR count). The third-order valence-electron chi connectivity index (χ3n) is 4.57. The van der Waals surface area contributed by atoms with Crippen LogP contribution in [0.2, 0.25) is 0 Å². The highest BCUT2D eigenvalue weighted by Crippen LogP contribution is 2.23. The quantitative estimate of drug-likeness (QED) is 0.650. The Hall–Kier alpha value is -2.16. The van der Waals surface area contributed by atoms with Gasteiger partial charge in [-0.1, -0.05) is 6.07 Å². The van der Waals surface area contributed by atoms with Gasteiger partial charge in [-0.3, -0.25) is 10.1 Å². The zero-order chi connectivity index (χ0) is 19.1. The summed E-state index contributed by atoms with van der Waals surface area (Å²) in [5.41, 5.74) is 0.519. The molecule has 1 saturated heterocycles. The molecule has 1 aromatic heterocycles. The highest BCUT2D eigenvalue weighted by Gasteiger charge is 2.21. The summed E-state index contributed by atoms with van der Waals surface area (Å²) in [6, 6.07) is 7.12. The van der Waals surface area contributed by atoms with Gasteiger partial charge < -0.3 is 14.8 Å².